The number of nitrogens with zero attached hydrogens (tertiary/aromatic N) is 1. The Morgan fingerprint density at radius 3 is 3.09 bits per heavy atom. The highest BCUT2D eigenvalue weighted by Crippen LogP contribution is 2.14. The van der Waals surface area contributed by atoms with Crippen molar-refractivity contribution in [2.75, 3.05) is 13.6 Å². The summed E-state index contributed by atoms with van der Waals surface area (Å²) >= 11 is 0. The Morgan fingerprint density at radius 1 is 1.55 bits per heavy atom. The van der Waals surface area contributed by atoms with Crippen molar-refractivity contribution in [2.24, 2.45) is 0 Å². The summed E-state index contributed by atoms with van der Waals surface area (Å²) in [5, 5.41) is 0. The van der Waals surface area contributed by atoms with Crippen LogP contribution in [0.2, 0.25) is 0 Å². The molecule has 1 aliphatic rings. The Bertz CT molecular complexity index is 175. The highest BCUT2D eigenvalue weighted by molar-refractivity contribution is 5.02. The van der Waals surface area contributed by atoms with E-state index in [-0.39, 0.29) is 0 Å². The van der Waals surface area contributed by atoms with Gasteiger partial charge >= 0.3 is 0 Å². The van der Waals surface area contributed by atoms with E-state index in [2.05, 4.69) is 30.7 Å². The second-order valence-electron chi connectivity index (χ2n) is 3.06. The van der Waals surface area contributed by atoms with Gasteiger partial charge in [0, 0.05) is 13.6 Å². The predicted molar refractivity (Wildman–Crippen MR) is 48.4 cm³/mol. The van der Waals surface area contributed by atoms with Crippen LogP contribution in [0.5, 0.6) is 0 Å². The van der Waals surface area contributed by atoms with Crippen LogP contribution in [0.25, 0.3) is 0 Å². The van der Waals surface area contributed by atoms with Crippen LogP contribution in [0.4, 0.5) is 0 Å². The second-order valence-corrected chi connectivity index (χ2v) is 3.06. The summed E-state index contributed by atoms with van der Waals surface area (Å²) in [6.45, 7) is 3.27. The van der Waals surface area contributed by atoms with Gasteiger partial charge in [0.15, 0.2) is 0 Å². The molecule has 0 aromatic heterocycles. The quantitative estimate of drug-likeness (QED) is 0.548. The average molecular weight is 151 g/mol. The van der Waals surface area contributed by atoms with Crippen LogP contribution in [0, 0.1) is 0 Å². The van der Waals surface area contributed by atoms with E-state index in [9.17, 15) is 0 Å². The third-order valence-electron chi connectivity index (χ3n) is 2.22. The van der Waals surface area contributed by atoms with Crippen LogP contribution in [-0.4, -0.2) is 18.5 Å². The van der Waals surface area contributed by atoms with Crippen molar-refractivity contribution in [3.05, 3.63) is 17.5 Å². The highest BCUT2D eigenvalue weighted by Gasteiger charge is 2.02. The largest absolute Gasteiger partial charge is 0.372 e. The van der Waals surface area contributed by atoms with Gasteiger partial charge in [-0.3, -0.25) is 0 Å². The second kappa shape index (κ2) is 4.25. The lowest BCUT2D eigenvalue weighted by atomic mass is 10.2. The molecule has 0 saturated heterocycles. The Labute approximate surface area is 69.4 Å². The number of hydrogen-bond acceptors (Lipinski definition) is 1. The van der Waals surface area contributed by atoms with Gasteiger partial charge in [-0.1, -0.05) is 0 Å². The van der Waals surface area contributed by atoms with Crippen molar-refractivity contribution < 1.29 is 0 Å². The first kappa shape index (κ1) is 8.42. The smallest absolute Gasteiger partial charge is 0.0557 e. The molecular formula is C10H17N. The first-order valence-electron chi connectivity index (χ1n) is 4.49. The zero-order chi connectivity index (χ0) is 8.10. The summed E-state index contributed by atoms with van der Waals surface area (Å²) in [4.78, 5) is 2.28. The Kier molecular flexibility index (Phi) is 3.25. The molecule has 11 heavy (non-hydrogen) atoms. The standard InChI is InChI=1S/C10H17N/c1-3-11(2)10-8-6-4-5-7-9-10/h6H,3-5,7,9H2,1-2H3. The van der Waals surface area contributed by atoms with Gasteiger partial charge in [0.1, 0.15) is 0 Å². The minimum Gasteiger partial charge on any atom is -0.372 e. The lowest BCUT2D eigenvalue weighted by Crippen LogP contribution is -2.15. The summed E-state index contributed by atoms with van der Waals surface area (Å²) in [6, 6.07) is 0. The first-order chi connectivity index (χ1) is 5.34. The molecule has 1 rings (SSSR count). The minimum absolute atomic E-state index is 1.09. The molecule has 0 aromatic carbocycles. The Balaban J connectivity index is 2.60. The fourth-order valence-corrected chi connectivity index (χ4v) is 1.29. The van der Waals surface area contributed by atoms with Crippen LogP contribution >= 0.6 is 0 Å². The number of hydrogen-bond donors (Lipinski definition) is 0. The fraction of sp³-hybridized carbons (Fsp3) is 0.700. The zero-order valence-corrected chi connectivity index (χ0v) is 7.56. The van der Waals surface area contributed by atoms with Gasteiger partial charge in [0.2, 0.25) is 0 Å². The van der Waals surface area contributed by atoms with E-state index >= 15 is 0 Å². The van der Waals surface area contributed by atoms with Gasteiger partial charge in [-0.05, 0) is 38.7 Å². The maximum absolute atomic E-state index is 3.35. The molecule has 1 nitrogen and oxygen atoms in total. The van der Waals surface area contributed by atoms with Crippen molar-refractivity contribution >= 4 is 0 Å². The van der Waals surface area contributed by atoms with Crippen molar-refractivity contribution in [2.45, 2.75) is 32.6 Å². The number of rotatable bonds is 2. The summed E-state index contributed by atoms with van der Waals surface area (Å²) in [6.07, 6.45) is 7.24. The molecule has 0 aromatic rings. The fourth-order valence-electron chi connectivity index (χ4n) is 1.29. The van der Waals surface area contributed by atoms with Gasteiger partial charge in [0.25, 0.3) is 0 Å². The highest BCUT2D eigenvalue weighted by atomic mass is 15.1. The lowest BCUT2D eigenvalue weighted by molar-refractivity contribution is 0.421. The topological polar surface area (TPSA) is 3.24 Å². The van der Waals surface area contributed by atoms with Gasteiger partial charge in [-0.15, -0.1) is 5.73 Å². The molecule has 0 atom stereocenters. The van der Waals surface area contributed by atoms with Crippen LogP contribution in [0.15, 0.2) is 17.5 Å². The monoisotopic (exact) mass is 151 g/mol. The Hall–Kier alpha value is -0.680. The van der Waals surface area contributed by atoms with Crippen molar-refractivity contribution in [3.63, 3.8) is 0 Å². The molecule has 0 bridgehead atoms. The maximum atomic E-state index is 3.35. The zero-order valence-electron chi connectivity index (χ0n) is 7.56. The predicted octanol–water partition coefficient (Wildman–Crippen LogP) is 2.55. The Morgan fingerprint density at radius 2 is 2.36 bits per heavy atom. The molecule has 0 radical (unpaired) electrons. The van der Waals surface area contributed by atoms with E-state index in [0.717, 1.165) is 6.54 Å². The normalized spacial score (nSPS) is 17.5. The molecule has 0 spiro atoms. The van der Waals surface area contributed by atoms with E-state index < -0.39 is 0 Å². The van der Waals surface area contributed by atoms with Gasteiger partial charge < -0.3 is 4.90 Å². The molecule has 0 heterocycles. The molecule has 0 N–H and O–H groups in total. The maximum Gasteiger partial charge on any atom is 0.0557 e. The first-order valence-corrected chi connectivity index (χ1v) is 4.49. The van der Waals surface area contributed by atoms with Crippen LogP contribution in [0.3, 0.4) is 0 Å². The molecular weight excluding hydrogens is 134 g/mol. The van der Waals surface area contributed by atoms with Crippen LogP contribution < -0.4 is 0 Å². The van der Waals surface area contributed by atoms with Crippen molar-refractivity contribution in [1.29, 1.82) is 0 Å². The van der Waals surface area contributed by atoms with Gasteiger partial charge in [-0.25, -0.2) is 0 Å². The van der Waals surface area contributed by atoms with Gasteiger partial charge in [-0.2, -0.15) is 0 Å². The summed E-state index contributed by atoms with van der Waals surface area (Å²) in [5.74, 6) is 0. The summed E-state index contributed by atoms with van der Waals surface area (Å²) in [7, 11) is 2.14. The molecule has 1 aliphatic carbocycles. The molecule has 0 saturated carbocycles. The van der Waals surface area contributed by atoms with E-state index in [4.69, 9.17) is 0 Å². The summed E-state index contributed by atoms with van der Waals surface area (Å²) in [5.41, 5.74) is 4.73. The van der Waals surface area contributed by atoms with E-state index in [1.807, 2.05) is 0 Å². The summed E-state index contributed by atoms with van der Waals surface area (Å²) < 4.78 is 0. The van der Waals surface area contributed by atoms with E-state index in [0.29, 0.717) is 0 Å². The molecule has 0 fully saturated rings. The van der Waals surface area contributed by atoms with Crippen molar-refractivity contribution in [3.8, 4) is 0 Å². The van der Waals surface area contributed by atoms with Crippen LogP contribution in [0.1, 0.15) is 32.6 Å². The molecule has 1 heteroatoms. The molecule has 0 aliphatic heterocycles. The molecule has 62 valence electrons. The van der Waals surface area contributed by atoms with Crippen molar-refractivity contribution in [1.82, 2.24) is 4.90 Å². The third kappa shape index (κ3) is 2.44. The average Bonchev–Trinajstić information content (AvgIpc) is 2.30. The number of allylic oxidation sites excluding steroid dienone is 1. The van der Waals surface area contributed by atoms with E-state index in [1.165, 1.54) is 31.4 Å². The third-order valence-corrected chi connectivity index (χ3v) is 2.22. The minimum atomic E-state index is 1.09. The molecule has 0 amide bonds. The molecule has 0 unspecified atom stereocenters. The lowest BCUT2D eigenvalue weighted by Gasteiger charge is -2.17. The van der Waals surface area contributed by atoms with Crippen LogP contribution in [-0.2, 0) is 0 Å². The van der Waals surface area contributed by atoms with Gasteiger partial charge in [0.05, 0.1) is 5.70 Å². The van der Waals surface area contributed by atoms with E-state index in [1.54, 1.807) is 0 Å². The SMILES string of the molecule is CCN(C)C1=C=CCCCC1.